The lowest BCUT2D eigenvalue weighted by Crippen LogP contribution is -2.09. The van der Waals surface area contributed by atoms with Gasteiger partial charge < -0.3 is 0 Å². The van der Waals surface area contributed by atoms with E-state index in [9.17, 15) is 0 Å². The molecule has 2 aromatic rings. The van der Waals surface area contributed by atoms with Gasteiger partial charge in [-0.15, -0.1) is 0 Å². The predicted octanol–water partition coefficient (Wildman–Crippen LogP) is 5.92. The molecule has 0 N–H and O–H groups in total. The van der Waals surface area contributed by atoms with Crippen molar-refractivity contribution in [3.05, 3.63) is 76.9 Å². The SMILES string of the molecule is CC1=CC=C(c2ccnc(Cc3cccc(CC4CCCCC4)c3)n2)C1. The molecule has 2 aliphatic carbocycles. The molecule has 0 atom stereocenters. The Hall–Kier alpha value is -2.22. The number of hydrogen-bond donors (Lipinski definition) is 0. The van der Waals surface area contributed by atoms with Crippen LogP contribution in [0.15, 0.2) is 54.3 Å². The van der Waals surface area contributed by atoms with Crippen LogP contribution in [0.2, 0.25) is 0 Å². The highest BCUT2D eigenvalue weighted by molar-refractivity contribution is 5.69. The summed E-state index contributed by atoms with van der Waals surface area (Å²) in [7, 11) is 0. The highest BCUT2D eigenvalue weighted by Crippen LogP contribution is 2.28. The maximum absolute atomic E-state index is 4.82. The molecule has 2 aliphatic rings. The summed E-state index contributed by atoms with van der Waals surface area (Å²) in [4.78, 5) is 9.33. The Morgan fingerprint density at radius 1 is 1.00 bits per heavy atom. The molecule has 1 aromatic carbocycles. The van der Waals surface area contributed by atoms with Crippen LogP contribution in [0.5, 0.6) is 0 Å². The third-order valence-electron chi connectivity index (χ3n) is 5.68. The van der Waals surface area contributed by atoms with E-state index in [-0.39, 0.29) is 0 Å². The average Bonchev–Trinajstić information content (AvgIpc) is 3.10. The van der Waals surface area contributed by atoms with Crippen molar-refractivity contribution < 1.29 is 0 Å². The molecule has 0 spiro atoms. The van der Waals surface area contributed by atoms with Crippen molar-refractivity contribution in [1.29, 1.82) is 0 Å². The molecule has 1 fully saturated rings. The summed E-state index contributed by atoms with van der Waals surface area (Å²) in [6.07, 6.45) is 16.4. The van der Waals surface area contributed by atoms with Crippen LogP contribution in [0.25, 0.3) is 5.57 Å². The fraction of sp³-hybridized carbons (Fsp3) is 0.417. The van der Waals surface area contributed by atoms with Crippen molar-refractivity contribution in [2.45, 2.75) is 58.3 Å². The fourth-order valence-corrected chi connectivity index (χ4v) is 4.27. The summed E-state index contributed by atoms with van der Waals surface area (Å²) < 4.78 is 0. The average molecular weight is 345 g/mol. The Kier molecular flexibility index (Phi) is 5.29. The molecular weight excluding hydrogens is 316 g/mol. The van der Waals surface area contributed by atoms with E-state index in [0.717, 1.165) is 30.3 Å². The van der Waals surface area contributed by atoms with Crippen LogP contribution in [0.3, 0.4) is 0 Å². The second-order valence-corrected chi connectivity index (χ2v) is 7.94. The predicted molar refractivity (Wildman–Crippen MR) is 108 cm³/mol. The molecular formula is C24H28N2. The van der Waals surface area contributed by atoms with E-state index >= 15 is 0 Å². The zero-order valence-corrected chi connectivity index (χ0v) is 15.7. The third-order valence-corrected chi connectivity index (χ3v) is 5.68. The van der Waals surface area contributed by atoms with E-state index in [1.807, 2.05) is 12.3 Å². The molecule has 4 rings (SSSR count). The quantitative estimate of drug-likeness (QED) is 0.672. The molecule has 0 aliphatic heterocycles. The van der Waals surface area contributed by atoms with Gasteiger partial charge in [-0.1, -0.05) is 74.1 Å². The van der Waals surface area contributed by atoms with Gasteiger partial charge in [-0.25, -0.2) is 9.97 Å². The molecule has 0 bridgehead atoms. The topological polar surface area (TPSA) is 25.8 Å². The minimum absolute atomic E-state index is 0.812. The number of rotatable bonds is 5. The van der Waals surface area contributed by atoms with Gasteiger partial charge in [0.05, 0.1) is 5.69 Å². The smallest absolute Gasteiger partial charge is 0.133 e. The van der Waals surface area contributed by atoms with E-state index < -0.39 is 0 Å². The zero-order chi connectivity index (χ0) is 17.8. The van der Waals surface area contributed by atoms with Gasteiger partial charge in [0.2, 0.25) is 0 Å². The summed E-state index contributed by atoms with van der Waals surface area (Å²) in [6, 6.07) is 11.1. The lowest BCUT2D eigenvalue weighted by atomic mass is 9.84. The van der Waals surface area contributed by atoms with E-state index in [0.29, 0.717) is 0 Å². The van der Waals surface area contributed by atoms with Crippen LogP contribution in [0, 0.1) is 5.92 Å². The van der Waals surface area contributed by atoms with Crippen LogP contribution >= 0.6 is 0 Å². The fourth-order valence-electron chi connectivity index (χ4n) is 4.27. The van der Waals surface area contributed by atoms with Crippen molar-refractivity contribution in [3.8, 4) is 0 Å². The molecule has 0 radical (unpaired) electrons. The highest BCUT2D eigenvalue weighted by Gasteiger charge is 2.14. The molecule has 2 heteroatoms. The van der Waals surface area contributed by atoms with Crippen molar-refractivity contribution in [2.24, 2.45) is 5.92 Å². The molecule has 0 unspecified atom stereocenters. The standard InChI is InChI=1S/C24H28N2/c1-18-10-11-22(14-18)23-12-13-25-24(26-23)17-21-9-5-8-20(16-21)15-19-6-3-2-4-7-19/h5,8-13,16,19H,2-4,6-7,14-15,17H2,1H3. The van der Waals surface area contributed by atoms with Gasteiger partial charge in [0.25, 0.3) is 0 Å². The highest BCUT2D eigenvalue weighted by atomic mass is 14.9. The first-order valence-corrected chi connectivity index (χ1v) is 10.0. The van der Waals surface area contributed by atoms with Crippen molar-refractivity contribution in [3.63, 3.8) is 0 Å². The molecule has 1 aromatic heterocycles. The van der Waals surface area contributed by atoms with Crippen molar-refractivity contribution in [1.82, 2.24) is 9.97 Å². The zero-order valence-electron chi connectivity index (χ0n) is 15.7. The van der Waals surface area contributed by atoms with E-state index in [2.05, 4.69) is 48.3 Å². The van der Waals surface area contributed by atoms with E-state index in [1.54, 1.807) is 0 Å². The summed E-state index contributed by atoms with van der Waals surface area (Å²) in [5.74, 6) is 1.80. The summed E-state index contributed by atoms with van der Waals surface area (Å²) >= 11 is 0. The van der Waals surface area contributed by atoms with Gasteiger partial charge in [-0.05, 0) is 48.4 Å². The van der Waals surface area contributed by atoms with Crippen molar-refractivity contribution in [2.75, 3.05) is 0 Å². The summed E-state index contributed by atoms with van der Waals surface area (Å²) in [5.41, 5.74) is 6.57. The molecule has 1 heterocycles. The Morgan fingerprint density at radius 3 is 2.65 bits per heavy atom. The molecule has 134 valence electrons. The van der Waals surface area contributed by atoms with Crippen LogP contribution < -0.4 is 0 Å². The molecule has 0 saturated heterocycles. The maximum atomic E-state index is 4.82. The first kappa shape index (κ1) is 17.2. The van der Waals surface area contributed by atoms with Gasteiger partial charge in [0.1, 0.15) is 5.82 Å². The van der Waals surface area contributed by atoms with Crippen LogP contribution in [-0.4, -0.2) is 9.97 Å². The minimum Gasteiger partial charge on any atom is -0.241 e. The van der Waals surface area contributed by atoms with E-state index in [1.165, 1.54) is 60.8 Å². The summed E-state index contributed by atoms with van der Waals surface area (Å²) in [6.45, 7) is 2.17. The number of benzene rings is 1. The van der Waals surface area contributed by atoms with Gasteiger partial charge >= 0.3 is 0 Å². The van der Waals surface area contributed by atoms with Crippen LogP contribution in [0.4, 0.5) is 0 Å². The first-order chi connectivity index (χ1) is 12.8. The first-order valence-electron chi connectivity index (χ1n) is 10.0. The van der Waals surface area contributed by atoms with E-state index in [4.69, 9.17) is 4.98 Å². The van der Waals surface area contributed by atoms with Crippen LogP contribution in [-0.2, 0) is 12.8 Å². The maximum Gasteiger partial charge on any atom is 0.133 e. The Bertz CT molecular complexity index is 826. The number of nitrogens with zero attached hydrogens (tertiary/aromatic N) is 2. The van der Waals surface area contributed by atoms with Gasteiger partial charge in [0.15, 0.2) is 0 Å². The second-order valence-electron chi connectivity index (χ2n) is 7.94. The van der Waals surface area contributed by atoms with Gasteiger partial charge in [-0.3, -0.25) is 0 Å². The monoisotopic (exact) mass is 344 g/mol. The van der Waals surface area contributed by atoms with Crippen molar-refractivity contribution >= 4 is 5.57 Å². The lowest BCUT2D eigenvalue weighted by molar-refractivity contribution is 0.356. The third kappa shape index (κ3) is 4.30. The minimum atomic E-state index is 0.812. The molecule has 2 nitrogen and oxygen atoms in total. The Morgan fingerprint density at radius 2 is 1.85 bits per heavy atom. The van der Waals surface area contributed by atoms with Gasteiger partial charge in [0, 0.05) is 12.6 Å². The van der Waals surface area contributed by atoms with Gasteiger partial charge in [-0.2, -0.15) is 0 Å². The normalized spacial score (nSPS) is 17.9. The molecule has 26 heavy (non-hydrogen) atoms. The lowest BCUT2D eigenvalue weighted by Gasteiger charge is -2.21. The number of hydrogen-bond acceptors (Lipinski definition) is 2. The molecule has 0 amide bonds. The second kappa shape index (κ2) is 7.99. The Balaban J connectivity index is 1.45. The largest absolute Gasteiger partial charge is 0.241 e. The number of aromatic nitrogens is 2. The Labute approximate surface area is 157 Å². The summed E-state index contributed by atoms with van der Waals surface area (Å²) in [5, 5.41) is 0. The molecule has 1 saturated carbocycles. The number of allylic oxidation sites excluding steroid dienone is 4. The van der Waals surface area contributed by atoms with Crippen LogP contribution in [0.1, 0.15) is 68.1 Å².